The van der Waals surface area contributed by atoms with E-state index in [1.54, 1.807) is 0 Å². The third-order valence-corrected chi connectivity index (χ3v) is 6.23. The van der Waals surface area contributed by atoms with Gasteiger partial charge in [-0.15, -0.1) is 10.2 Å². The first-order valence-corrected chi connectivity index (χ1v) is 11.2. The Hall–Kier alpha value is -2.84. The molecule has 4 aromatic rings. The Bertz CT molecular complexity index is 1260. The van der Waals surface area contributed by atoms with E-state index in [0.29, 0.717) is 28.1 Å². The van der Waals surface area contributed by atoms with Crippen LogP contribution < -0.4 is 0 Å². The first kappa shape index (κ1) is 21.4. The molecule has 0 bridgehead atoms. The van der Waals surface area contributed by atoms with Gasteiger partial charge < -0.3 is 9.09 Å². The number of Topliss-reactive ketones (excluding diaryl/α,β-unsaturated/α-hetero) is 1. The molecule has 3 heterocycles. The molecule has 0 aliphatic carbocycles. The predicted octanol–water partition coefficient (Wildman–Crippen LogP) is 5.30. The molecule has 31 heavy (non-hydrogen) atoms. The summed E-state index contributed by atoms with van der Waals surface area (Å²) in [6, 6.07) is 11.3. The summed E-state index contributed by atoms with van der Waals surface area (Å²) in [4.78, 5) is 13.0. The Morgan fingerprint density at radius 3 is 2.65 bits per heavy atom. The van der Waals surface area contributed by atoms with Gasteiger partial charge in [-0.3, -0.25) is 9.36 Å². The van der Waals surface area contributed by atoms with E-state index in [9.17, 15) is 4.79 Å². The van der Waals surface area contributed by atoms with Crippen molar-refractivity contribution in [2.24, 2.45) is 0 Å². The highest BCUT2D eigenvalue weighted by molar-refractivity contribution is 7.99. The third-order valence-electron chi connectivity index (χ3n) is 5.02. The fourth-order valence-electron chi connectivity index (χ4n) is 3.59. The normalized spacial score (nSPS) is 11.3. The third kappa shape index (κ3) is 4.18. The number of nitrogens with zero attached hydrogens (tertiary/aromatic N) is 5. The summed E-state index contributed by atoms with van der Waals surface area (Å²) < 4.78 is 9.11. The highest BCUT2D eigenvalue weighted by Gasteiger charge is 2.20. The first-order chi connectivity index (χ1) is 14.9. The summed E-state index contributed by atoms with van der Waals surface area (Å²) in [6.07, 6.45) is 0. The molecule has 0 unspecified atom stereocenters. The van der Waals surface area contributed by atoms with Crippen LogP contribution in [0.2, 0.25) is 5.02 Å². The van der Waals surface area contributed by atoms with Crippen molar-refractivity contribution in [1.29, 1.82) is 0 Å². The van der Waals surface area contributed by atoms with E-state index in [-0.39, 0.29) is 11.5 Å². The average molecular weight is 456 g/mol. The quantitative estimate of drug-likeness (QED) is 0.278. The van der Waals surface area contributed by atoms with Crippen molar-refractivity contribution in [3.8, 4) is 17.2 Å². The number of carbonyl (C=O) groups is 1. The fraction of sp³-hybridized carbons (Fsp3) is 0.273. The summed E-state index contributed by atoms with van der Waals surface area (Å²) in [5.41, 5.74) is 3.34. The number of benzene rings is 1. The van der Waals surface area contributed by atoms with Gasteiger partial charge in [-0.25, -0.2) is 0 Å². The number of carbonyl (C=O) groups excluding carboxylic acids is 1. The van der Waals surface area contributed by atoms with Crippen LogP contribution in [-0.2, 0) is 6.54 Å². The van der Waals surface area contributed by atoms with Gasteiger partial charge >= 0.3 is 0 Å². The molecule has 0 radical (unpaired) electrons. The molecular weight excluding hydrogens is 434 g/mol. The standard InChI is InChI=1S/C22H22ClN5O2S/c1-5-27-21(16-7-6-8-17(23)11-16)24-25-22(27)31-12-19(29)18-9-13(2)28(15(18)4)20-10-14(3)30-26-20/h6-11H,5,12H2,1-4H3. The molecule has 9 heteroatoms. The number of thioether (sulfide) groups is 1. The minimum atomic E-state index is 0.0273. The molecule has 0 fully saturated rings. The number of hydrogen-bond donors (Lipinski definition) is 0. The zero-order valence-electron chi connectivity index (χ0n) is 17.7. The first-order valence-electron chi connectivity index (χ1n) is 9.86. The maximum absolute atomic E-state index is 13.0. The minimum Gasteiger partial charge on any atom is -0.360 e. The molecule has 7 nitrogen and oxygen atoms in total. The highest BCUT2D eigenvalue weighted by Crippen LogP contribution is 2.27. The lowest BCUT2D eigenvalue weighted by atomic mass is 10.2. The Labute approximate surface area is 189 Å². The lowest BCUT2D eigenvalue weighted by molar-refractivity contribution is 0.102. The van der Waals surface area contributed by atoms with Crippen LogP contribution in [0.5, 0.6) is 0 Å². The second kappa shape index (κ2) is 8.72. The molecule has 0 aliphatic heterocycles. The van der Waals surface area contributed by atoms with Gasteiger partial charge in [0.1, 0.15) is 5.76 Å². The van der Waals surface area contributed by atoms with Crippen LogP contribution in [0.4, 0.5) is 0 Å². The topological polar surface area (TPSA) is 78.7 Å². The number of hydrogen-bond acceptors (Lipinski definition) is 6. The van der Waals surface area contributed by atoms with Gasteiger partial charge in [0.25, 0.3) is 0 Å². The minimum absolute atomic E-state index is 0.0273. The average Bonchev–Trinajstić information content (AvgIpc) is 3.43. The smallest absolute Gasteiger partial charge is 0.191 e. The number of aromatic nitrogens is 5. The lowest BCUT2D eigenvalue weighted by Crippen LogP contribution is -2.07. The summed E-state index contributed by atoms with van der Waals surface area (Å²) in [7, 11) is 0. The van der Waals surface area contributed by atoms with E-state index in [1.807, 2.05) is 73.2 Å². The van der Waals surface area contributed by atoms with Crippen molar-refractivity contribution in [2.45, 2.75) is 39.4 Å². The number of rotatable bonds is 7. The van der Waals surface area contributed by atoms with Gasteiger partial charge in [0.15, 0.2) is 22.6 Å². The van der Waals surface area contributed by atoms with E-state index in [4.69, 9.17) is 16.1 Å². The fourth-order valence-corrected chi connectivity index (χ4v) is 4.66. The molecule has 0 spiro atoms. The molecular formula is C22H22ClN5O2S. The summed E-state index contributed by atoms with van der Waals surface area (Å²) in [5.74, 6) is 2.42. The van der Waals surface area contributed by atoms with E-state index >= 15 is 0 Å². The van der Waals surface area contributed by atoms with E-state index in [0.717, 1.165) is 28.5 Å². The largest absolute Gasteiger partial charge is 0.360 e. The van der Waals surface area contributed by atoms with Crippen LogP contribution in [0.1, 0.15) is 34.4 Å². The number of ketones is 1. The van der Waals surface area contributed by atoms with Gasteiger partial charge in [0.05, 0.1) is 5.75 Å². The van der Waals surface area contributed by atoms with Crippen LogP contribution in [-0.4, -0.2) is 36.0 Å². The Morgan fingerprint density at radius 2 is 1.97 bits per heavy atom. The van der Waals surface area contributed by atoms with Crippen molar-refractivity contribution in [3.05, 3.63) is 64.1 Å². The number of aryl methyl sites for hydroxylation is 2. The molecule has 4 rings (SSSR count). The van der Waals surface area contributed by atoms with Crippen molar-refractivity contribution in [2.75, 3.05) is 5.75 Å². The number of halogens is 1. The zero-order chi connectivity index (χ0) is 22.1. The van der Waals surface area contributed by atoms with Crippen molar-refractivity contribution < 1.29 is 9.32 Å². The van der Waals surface area contributed by atoms with Crippen molar-refractivity contribution in [3.63, 3.8) is 0 Å². The van der Waals surface area contributed by atoms with Crippen molar-refractivity contribution >= 4 is 29.1 Å². The summed E-state index contributed by atoms with van der Waals surface area (Å²) in [6.45, 7) is 8.42. The van der Waals surface area contributed by atoms with Gasteiger partial charge in [-0.2, -0.15) is 0 Å². The van der Waals surface area contributed by atoms with E-state index in [1.165, 1.54) is 11.8 Å². The monoisotopic (exact) mass is 455 g/mol. The zero-order valence-corrected chi connectivity index (χ0v) is 19.3. The molecule has 1 aromatic carbocycles. The van der Waals surface area contributed by atoms with Crippen LogP contribution in [0, 0.1) is 20.8 Å². The van der Waals surface area contributed by atoms with Crippen LogP contribution in [0.25, 0.3) is 17.2 Å². The predicted molar refractivity (Wildman–Crippen MR) is 121 cm³/mol. The molecule has 0 saturated carbocycles. The van der Waals surface area contributed by atoms with Gasteiger partial charge in [-0.05, 0) is 45.9 Å². The molecule has 0 aliphatic rings. The Balaban J connectivity index is 1.55. The molecule has 160 valence electrons. The summed E-state index contributed by atoms with van der Waals surface area (Å²) in [5, 5.41) is 14.1. The van der Waals surface area contributed by atoms with Gasteiger partial charge in [0.2, 0.25) is 0 Å². The van der Waals surface area contributed by atoms with Crippen LogP contribution in [0.3, 0.4) is 0 Å². The maximum atomic E-state index is 13.0. The molecule has 0 saturated heterocycles. The Morgan fingerprint density at radius 1 is 1.16 bits per heavy atom. The highest BCUT2D eigenvalue weighted by atomic mass is 35.5. The lowest BCUT2D eigenvalue weighted by Gasteiger charge is -2.08. The molecule has 0 amide bonds. The Kier molecular flexibility index (Phi) is 6.02. The van der Waals surface area contributed by atoms with E-state index in [2.05, 4.69) is 15.4 Å². The van der Waals surface area contributed by atoms with Gasteiger partial charge in [-0.1, -0.05) is 40.7 Å². The SMILES string of the molecule is CCn1c(SCC(=O)c2cc(C)n(-c3cc(C)on3)c2C)nnc1-c1cccc(Cl)c1. The van der Waals surface area contributed by atoms with E-state index < -0.39 is 0 Å². The molecule has 0 atom stereocenters. The molecule has 0 N–H and O–H groups in total. The second-order valence-electron chi connectivity index (χ2n) is 7.19. The van der Waals surface area contributed by atoms with Crippen LogP contribution >= 0.6 is 23.4 Å². The summed E-state index contributed by atoms with van der Waals surface area (Å²) >= 11 is 7.50. The molecule has 3 aromatic heterocycles. The second-order valence-corrected chi connectivity index (χ2v) is 8.57. The van der Waals surface area contributed by atoms with Crippen molar-refractivity contribution in [1.82, 2.24) is 24.5 Å². The van der Waals surface area contributed by atoms with Crippen LogP contribution in [0.15, 0.2) is 46.1 Å². The van der Waals surface area contributed by atoms with Gasteiger partial charge in [0, 0.05) is 40.1 Å². The maximum Gasteiger partial charge on any atom is 0.191 e.